The molecule has 4 saturated heterocycles. The summed E-state index contributed by atoms with van der Waals surface area (Å²) in [6.07, 6.45) is 8.23. The second-order valence-electron chi connectivity index (χ2n) is 16.2. The molecule has 4 aliphatic carbocycles. The SMILES string of the molecule is O=C(/C=C/C(=O)Oc1ccc2c(c1)[C@]13CCN(CC4CC4)[C@H](C2)[C@@H]1OC(=O)OC3)Oc1ccc2c(c1)[C@]13CCN(CC4CC4)[C@H](C2)[C@@H]1OC(=O)OC3. The lowest BCUT2D eigenvalue weighted by Gasteiger charge is -2.56. The number of rotatable bonds is 8. The number of hydrogen-bond donors (Lipinski definition) is 0. The molecule has 2 aromatic rings. The second kappa shape index (κ2) is 12.1. The maximum atomic E-state index is 12.9. The zero-order chi connectivity index (χ0) is 35.2. The van der Waals surface area contributed by atoms with Crippen molar-refractivity contribution in [1.82, 2.24) is 9.80 Å². The van der Waals surface area contributed by atoms with E-state index >= 15 is 0 Å². The quantitative estimate of drug-likeness (QED) is 0.219. The van der Waals surface area contributed by atoms with Crippen LogP contribution in [0, 0.1) is 11.8 Å². The lowest BCUT2D eigenvalue weighted by molar-refractivity contribution is -0.138. The number of benzene rings is 2. The van der Waals surface area contributed by atoms with Crippen molar-refractivity contribution >= 4 is 24.2 Å². The van der Waals surface area contributed by atoms with Crippen LogP contribution in [0.5, 0.6) is 11.5 Å². The highest BCUT2D eigenvalue weighted by Gasteiger charge is 2.60. The second-order valence-corrected chi connectivity index (χ2v) is 16.2. The Morgan fingerprint density at radius 1 is 0.692 bits per heavy atom. The zero-order valence-electron chi connectivity index (χ0n) is 29.0. The maximum Gasteiger partial charge on any atom is 0.508 e. The standard InChI is InChI=1S/C40H42N2O10/c43-33(49-27-7-5-25-15-31-35-39(29(25)17-27,21-47-37(45)51-35)11-13-41(31)19-23-1-2-23)9-10-34(44)50-28-8-6-26-16-32-36-40(30(26)18-28,22-48-38(46)52-36)12-14-42(32)20-24-3-4-24/h5-10,17-18,23-24,31-32,35-36H,1-4,11-16,19-22H2/b10-9+/t31-,32-,35+,36+,39-,40-/m1/s1. The molecule has 4 bridgehead atoms. The topological polar surface area (TPSA) is 130 Å². The number of esters is 2. The number of likely N-dealkylation sites (tertiary alicyclic amines) is 2. The van der Waals surface area contributed by atoms with Gasteiger partial charge >= 0.3 is 24.2 Å². The molecule has 4 heterocycles. The van der Waals surface area contributed by atoms with Gasteiger partial charge in [-0.05, 0) is 123 Å². The molecule has 8 aliphatic rings. The van der Waals surface area contributed by atoms with Gasteiger partial charge in [0.25, 0.3) is 0 Å². The predicted octanol–water partition coefficient (Wildman–Crippen LogP) is 4.38. The van der Waals surface area contributed by atoms with E-state index in [4.69, 9.17) is 28.4 Å². The first kappa shape index (κ1) is 32.2. The van der Waals surface area contributed by atoms with Gasteiger partial charge in [-0.3, -0.25) is 9.80 Å². The maximum absolute atomic E-state index is 12.9. The number of hydrogen-bond acceptors (Lipinski definition) is 12. The van der Waals surface area contributed by atoms with Crippen molar-refractivity contribution in [3.8, 4) is 11.5 Å². The van der Waals surface area contributed by atoms with Crippen molar-refractivity contribution in [3.63, 3.8) is 0 Å². The summed E-state index contributed by atoms with van der Waals surface area (Å²) in [5.41, 5.74) is 3.21. The molecule has 0 radical (unpaired) electrons. The molecule has 52 heavy (non-hydrogen) atoms. The van der Waals surface area contributed by atoms with Crippen LogP contribution in [0.1, 0.15) is 60.8 Å². The lowest BCUT2D eigenvalue weighted by atomic mass is 9.61. The third kappa shape index (κ3) is 5.48. The number of carbonyl (C=O) groups is 4. The Balaban J connectivity index is 0.827. The molecular weight excluding hydrogens is 668 g/mol. The molecule has 0 amide bonds. The van der Waals surface area contributed by atoms with Gasteiger partial charge in [0.2, 0.25) is 0 Å². The Morgan fingerprint density at radius 3 is 1.56 bits per heavy atom. The van der Waals surface area contributed by atoms with Gasteiger partial charge in [-0.25, -0.2) is 19.2 Å². The summed E-state index contributed by atoms with van der Waals surface area (Å²) in [6, 6.07) is 11.4. The minimum Gasteiger partial charge on any atom is -0.433 e. The molecule has 2 saturated carbocycles. The Hall–Kier alpha value is -4.42. The van der Waals surface area contributed by atoms with E-state index in [1.807, 2.05) is 24.3 Å². The third-order valence-corrected chi connectivity index (χ3v) is 13.0. The molecule has 12 nitrogen and oxygen atoms in total. The molecule has 6 fully saturated rings. The summed E-state index contributed by atoms with van der Waals surface area (Å²) in [5, 5.41) is 0. The summed E-state index contributed by atoms with van der Waals surface area (Å²) in [5.74, 6) is 0.682. The fourth-order valence-corrected chi connectivity index (χ4v) is 10.1. The van der Waals surface area contributed by atoms with Crippen molar-refractivity contribution in [2.45, 2.75) is 86.5 Å². The van der Waals surface area contributed by atoms with Gasteiger partial charge < -0.3 is 28.4 Å². The van der Waals surface area contributed by atoms with E-state index in [1.54, 1.807) is 12.1 Å². The molecule has 0 unspecified atom stereocenters. The highest BCUT2D eigenvalue weighted by Crippen LogP contribution is 2.52. The number of carbonyl (C=O) groups excluding carboxylic acids is 4. The molecule has 2 aromatic carbocycles. The molecule has 6 atom stereocenters. The number of nitrogens with zero attached hydrogens (tertiary/aromatic N) is 2. The first-order valence-electron chi connectivity index (χ1n) is 18.8. The molecular formula is C40H42N2O10. The van der Waals surface area contributed by atoms with Crippen LogP contribution in [0.3, 0.4) is 0 Å². The minimum absolute atomic E-state index is 0.0867. The number of piperidine rings is 2. The monoisotopic (exact) mass is 710 g/mol. The van der Waals surface area contributed by atoms with E-state index in [2.05, 4.69) is 9.80 Å². The first-order valence-corrected chi connectivity index (χ1v) is 18.8. The van der Waals surface area contributed by atoms with Crippen LogP contribution < -0.4 is 9.47 Å². The smallest absolute Gasteiger partial charge is 0.433 e. The van der Waals surface area contributed by atoms with E-state index < -0.39 is 35.1 Å². The molecule has 0 spiro atoms. The Morgan fingerprint density at radius 2 is 1.13 bits per heavy atom. The van der Waals surface area contributed by atoms with Crippen LogP contribution >= 0.6 is 0 Å². The van der Waals surface area contributed by atoms with Crippen LogP contribution in [0.25, 0.3) is 0 Å². The van der Waals surface area contributed by atoms with Gasteiger partial charge in [-0.15, -0.1) is 0 Å². The summed E-state index contributed by atoms with van der Waals surface area (Å²) in [4.78, 5) is 55.4. The zero-order valence-corrected chi connectivity index (χ0v) is 29.0. The number of fused-ring (bicyclic) bond motifs is 2. The van der Waals surface area contributed by atoms with Crippen LogP contribution in [0.15, 0.2) is 48.6 Å². The molecule has 0 aromatic heterocycles. The third-order valence-electron chi connectivity index (χ3n) is 13.0. The molecule has 12 heteroatoms. The summed E-state index contributed by atoms with van der Waals surface area (Å²) >= 11 is 0. The van der Waals surface area contributed by atoms with Crippen molar-refractivity contribution < 1.29 is 47.6 Å². The molecule has 0 N–H and O–H groups in total. The lowest BCUT2D eigenvalue weighted by Crippen LogP contribution is -2.68. The van der Waals surface area contributed by atoms with Crippen molar-refractivity contribution in [3.05, 3.63) is 70.8 Å². The summed E-state index contributed by atoms with van der Waals surface area (Å²) < 4.78 is 34.0. The van der Waals surface area contributed by atoms with Crippen molar-refractivity contribution in [2.75, 3.05) is 39.4 Å². The minimum atomic E-state index is -0.720. The molecule has 10 rings (SSSR count). The van der Waals surface area contributed by atoms with E-state index in [9.17, 15) is 19.2 Å². The van der Waals surface area contributed by atoms with Gasteiger partial charge in [0.1, 0.15) is 36.9 Å². The average molecular weight is 711 g/mol. The predicted molar refractivity (Wildman–Crippen MR) is 182 cm³/mol. The van der Waals surface area contributed by atoms with Gasteiger partial charge in [-0.1, -0.05) is 12.1 Å². The molecule has 272 valence electrons. The van der Waals surface area contributed by atoms with Crippen molar-refractivity contribution in [1.29, 1.82) is 0 Å². The Kier molecular flexibility index (Phi) is 7.48. The first-order chi connectivity index (χ1) is 25.3. The van der Waals surface area contributed by atoms with Gasteiger partial charge in [-0.2, -0.15) is 0 Å². The largest absolute Gasteiger partial charge is 0.508 e. The van der Waals surface area contributed by atoms with Gasteiger partial charge in [0, 0.05) is 25.2 Å². The Bertz CT molecular complexity index is 1750. The van der Waals surface area contributed by atoms with E-state index in [0.29, 0.717) is 11.5 Å². The fourth-order valence-electron chi connectivity index (χ4n) is 10.1. The average Bonchev–Trinajstić information content (AvgIpc) is 4.08. The molecule has 4 aliphatic heterocycles. The fraction of sp³-hybridized carbons (Fsp3) is 0.550. The van der Waals surface area contributed by atoms with Crippen LogP contribution in [0.4, 0.5) is 9.59 Å². The van der Waals surface area contributed by atoms with Gasteiger partial charge in [0.15, 0.2) is 0 Å². The van der Waals surface area contributed by atoms with Crippen LogP contribution in [-0.2, 0) is 52.2 Å². The van der Waals surface area contributed by atoms with E-state index in [1.165, 1.54) is 25.7 Å². The van der Waals surface area contributed by atoms with Gasteiger partial charge in [0.05, 0.1) is 22.9 Å². The van der Waals surface area contributed by atoms with E-state index in [0.717, 1.165) is 98.1 Å². The summed E-state index contributed by atoms with van der Waals surface area (Å²) in [6.45, 7) is 4.27. The van der Waals surface area contributed by atoms with Crippen LogP contribution in [0.2, 0.25) is 0 Å². The number of ether oxygens (including phenoxy) is 6. The number of cyclic esters (lactones) is 2. The normalized spacial score (nSPS) is 33.2. The summed E-state index contributed by atoms with van der Waals surface area (Å²) in [7, 11) is 0. The highest BCUT2D eigenvalue weighted by molar-refractivity contribution is 5.93. The van der Waals surface area contributed by atoms with Crippen molar-refractivity contribution in [2.24, 2.45) is 11.8 Å². The highest BCUT2D eigenvalue weighted by atomic mass is 16.7. The van der Waals surface area contributed by atoms with Crippen LogP contribution in [-0.4, -0.2) is 97.7 Å². The van der Waals surface area contributed by atoms with E-state index in [-0.39, 0.29) is 37.5 Å². The Labute approximate surface area is 301 Å².